The lowest BCUT2D eigenvalue weighted by Gasteiger charge is -2.04. The van der Waals surface area contributed by atoms with Crippen LogP contribution in [-0.2, 0) is 10.1 Å². The molecule has 1 aromatic carbocycles. The zero-order valence-electron chi connectivity index (χ0n) is 7.18. The van der Waals surface area contributed by atoms with Crippen LogP contribution in [0.1, 0.15) is 0 Å². The van der Waals surface area contributed by atoms with Crippen molar-refractivity contribution in [1.29, 1.82) is 0 Å². The van der Waals surface area contributed by atoms with Crippen LogP contribution in [0.5, 0.6) is 5.75 Å². The molecule has 0 radical (unpaired) electrons. The highest BCUT2D eigenvalue weighted by molar-refractivity contribution is 9.10. The molecule has 0 aliphatic heterocycles. The Morgan fingerprint density at radius 3 is 2.36 bits per heavy atom. The van der Waals surface area contributed by atoms with Gasteiger partial charge in [0, 0.05) is 4.47 Å². The average molecular weight is 281 g/mol. The minimum absolute atomic E-state index is 0.0551. The van der Waals surface area contributed by atoms with E-state index in [1.165, 1.54) is 0 Å². The fourth-order valence-electron chi connectivity index (χ4n) is 0.796. The van der Waals surface area contributed by atoms with E-state index in [-0.39, 0.29) is 6.61 Å². The van der Waals surface area contributed by atoms with Crippen molar-refractivity contribution in [2.75, 3.05) is 12.4 Å². The summed E-state index contributed by atoms with van der Waals surface area (Å²) in [7, 11) is -3.94. The van der Waals surface area contributed by atoms with Gasteiger partial charge in [-0.3, -0.25) is 4.55 Å². The van der Waals surface area contributed by atoms with Gasteiger partial charge in [0.05, 0.1) is 0 Å². The second-order valence-corrected chi connectivity index (χ2v) is 5.08. The molecule has 0 aliphatic rings. The Bertz CT molecular complexity index is 384. The molecule has 0 aromatic heterocycles. The van der Waals surface area contributed by atoms with Crippen molar-refractivity contribution in [3.8, 4) is 5.75 Å². The monoisotopic (exact) mass is 280 g/mol. The average Bonchev–Trinajstić information content (AvgIpc) is 2.06. The van der Waals surface area contributed by atoms with Crippen molar-refractivity contribution in [2.24, 2.45) is 0 Å². The zero-order chi connectivity index (χ0) is 10.6. The minimum atomic E-state index is -3.94. The third kappa shape index (κ3) is 4.59. The molecule has 0 bridgehead atoms. The molecule has 0 aliphatic carbocycles. The van der Waals surface area contributed by atoms with Crippen molar-refractivity contribution < 1.29 is 17.7 Å². The first-order valence-corrected chi connectivity index (χ1v) is 6.21. The first-order valence-electron chi connectivity index (χ1n) is 3.81. The quantitative estimate of drug-likeness (QED) is 0.853. The standard InChI is InChI=1S/C8H9BrO4S/c9-7-1-3-8(4-2-7)13-5-6-14(10,11)12/h1-4H,5-6H2,(H,10,11,12). The van der Waals surface area contributed by atoms with Crippen molar-refractivity contribution in [3.63, 3.8) is 0 Å². The summed E-state index contributed by atoms with van der Waals surface area (Å²) in [5.74, 6) is 0.167. The van der Waals surface area contributed by atoms with E-state index in [0.717, 1.165) is 4.47 Å². The van der Waals surface area contributed by atoms with Gasteiger partial charge < -0.3 is 4.74 Å². The number of hydrogen-bond acceptors (Lipinski definition) is 3. The lowest BCUT2D eigenvalue weighted by Crippen LogP contribution is -2.12. The first-order chi connectivity index (χ1) is 6.47. The molecule has 0 heterocycles. The van der Waals surface area contributed by atoms with Gasteiger partial charge in [-0.15, -0.1) is 0 Å². The first kappa shape index (κ1) is 11.5. The van der Waals surface area contributed by atoms with E-state index < -0.39 is 15.9 Å². The second-order valence-electron chi connectivity index (χ2n) is 2.59. The Hall–Kier alpha value is -0.590. The molecule has 0 saturated carbocycles. The van der Waals surface area contributed by atoms with E-state index in [4.69, 9.17) is 9.29 Å². The second kappa shape index (κ2) is 4.77. The van der Waals surface area contributed by atoms with Crippen LogP contribution in [-0.4, -0.2) is 25.3 Å². The summed E-state index contributed by atoms with van der Waals surface area (Å²) in [4.78, 5) is 0. The molecule has 0 atom stereocenters. The molecule has 1 aromatic rings. The Morgan fingerprint density at radius 2 is 1.86 bits per heavy atom. The van der Waals surface area contributed by atoms with Gasteiger partial charge in [-0.1, -0.05) is 15.9 Å². The van der Waals surface area contributed by atoms with E-state index in [9.17, 15) is 8.42 Å². The van der Waals surface area contributed by atoms with Crippen LogP contribution in [0, 0.1) is 0 Å². The van der Waals surface area contributed by atoms with Crippen molar-refractivity contribution >= 4 is 26.0 Å². The van der Waals surface area contributed by atoms with Gasteiger partial charge in [0.25, 0.3) is 10.1 Å². The molecule has 0 fully saturated rings. The molecule has 78 valence electrons. The topological polar surface area (TPSA) is 63.6 Å². The molecular weight excluding hydrogens is 272 g/mol. The van der Waals surface area contributed by atoms with Crippen LogP contribution in [0.4, 0.5) is 0 Å². The van der Waals surface area contributed by atoms with Gasteiger partial charge >= 0.3 is 0 Å². The summed E-state index contributed by atoms with van der Waals surface area (Å²) in [5, 5.41) is 0. The normalized spacial score (nSPS) is 11.3. The molecule has 1 rings (SSSR count). The van der Waals surface area contributed by atoms with Gasteiger partial charge in [0.2, 0.25) is 0 Å². The van der Waals surface area contributed by atoms with Crippen molar-refractivity contribution in [1.82, 2.24) is 0 Å². The molecule has 1 N–H and O–H groups in total. The van der Waals surface area contributed by atoms with Crippen molar-refractivity contribution in [3.05, 3.63) is 28.7 Å². The van der Waals surface area contributed by atoms with Crippen LogP contribution in [0.3, 0.4) is 0 Å². The highest BCUT2D eigenvalue weighted by Crippen LogP contribution is 2.15. The number of hydrogen-bond donors (Lipinski definition) is 1. The molecule has 0 unspecified atom stereocenters. The molecule has 4 nitrogen and oxygen atoms in total. The summed E-state index contributed by atoms with van der Waals surface area (Å²) in [5.41, 5.74) is 0. The van der Waals surface area contributed by atoms with Gasteiger partial charge in [-0.2, -0.15) is 8.42 Å². The SMILES string of the molecule is O=S(=O)(O)CCOc1ccc(Br)cc1. The van der Waals surface area contributed by atoms with Crippen LogP contribution in [0.2, 0.25) is 0 Å². The maximum Gasteiger partial charge on any atom is 0.268 e. The molecule has 0 saturated heterocycles. The maximum atomic E-state index is 10.3. The molecule has 14 heavy (non-hydrogen) atoms. The summed E-state index contributed by atoms with van der Waals surface area (Å²) in [6.45, 7) is -0.0551. The summed E-state index contributed by atoms with van der Waals surface area (Å²) in [6, 6.07) is 6.97. The predicted molar refractivity (Wildman–Crippen MR) is 56.1 cm³/mol. The predicted octanol–water partition coefficient (Wildman–Crippen LogP) is 1.72. The fraction of sp³-hybridized carbons (Fsp3) is 0.250. The number of benzene rings is 1. The van der Waals surface area contributed by atoms with Crippen LogP contribution in [0.15, 0.2) is 28.7 Å². The van der Waals surface area contributed by atoms with E-state index in [1.807, 2.05) is 0 Å². The van der Waals surface area contributed by atoms with E-state index in [2.05, 4.69) is 15.9 Å². The van der Waals surface area contributed by atoms with E-state index in [1.54, 1.807) is 24.3 Å². The minimum Gasteiger partial charge on any atom is -0.492 e. The summed E-state index contributed by atoms with van der Waals surface area (Å²) < 4.78 is 35.1. The summed E-state index contributed by atoms with van der Waals surface area (Å²) in [6.07, 6.45) is 0. The Morgan fingerprint density at radius 1 is 1.29 bits per heavy atom. The molecule has 6 heteroatoms. The number of rotatable bonds is 4. The number of halogens is 1. The third-order valence-corrected chi connectivity index (χ3v) is 2.63. The van der Waals surface area contributed by atoms with Crippen molar-refractivity contribution in [2.45, 2.75) is 0 Å². The fourth-order valence-corrected chi connectivity index (χ4v) is 1.35. The van der Waals surface area contributed by atoms with Crippen LogP contribution in [0.25, 0.3) is 0 Å². The third-order valence-electron chi connectivity index (χ3n) is 1.42. The van der Waals surface area contributed by atoms with Crippen LogP contribution < -0.4 is 4.74 Å². The zero-order valence-corrected chi connectivity index (χ0v) is 9.58. The van der Waals surface area contributed by atoms with E-state index in [0.29, 0.717) is 5.75 Å². The summed E-state index contributed by atoms with van der Waals surface area (Å²) >= 11 is 3.25. The Kier molecular flexibility index (Phi) is 3.91. The molecule has 0 amide bonds. The Labute approximate surface area is 90.8 Å². The lowest BCUT2D eigenvalue weighted by atomic mass is 10.3. The lowest BCUT2D eigenvalue weighted by molar-refractivity contribution is 0.336. The van der Waals surface area contributed by atoms with Gasteiger partial charge in [0.1, 0.15) is 18.1 Å². The number of ether oxygens (including phenoxy) is 1. The molecule has 0 spiro atoms. The van der Waals surface area contributed by atoms with Crippen LogP contribution >= 0.6 is 15.9 Å². The smallest absolute Gasteiger partial charge is 0.268 e. The van der Waals surface area contributed by atoms with E-state index >= 15 is 0 Å². The highest BCUT2D eigenvalue weighted by atomic mass is 79.9. The highest BCUT2D eigenvalue weighted by Gasteiger charge is 2.04. The maximum absolute atomic E-state index is 10.3. The van der Waals surface area contributed by atoms with Gasteiger partial charge in [0.15, 0.2) is 0 Å². The largest absolute Gasteiger partial charge is 0.492 e. The van der Waals surface area contributed by atoms with Gasteiger partial charge in [-0.25, -0.2) is 0 Å². The molecular formula is C8H9BrO4S. The Balaban J connectivity index is 2.43. The van der Waals surface area contributed by atoms with Gasteiger partial charge in [-0.05, 0) is 24.3 Å².